The molecule has 1 aliphatic carbocycles. The molecule has 7 nitrogen and oxygen atoms in total. The Kier molecular flexibility index (Phi) is 4.82. The van der Waals surface area contributed by atoms with Gasteiger partial charge in [0.25, 0.3) is 11.5 Å². The normalized spacial score (nSPS) is 14.7. The number of hydrogen-bond donors (Lipinski definition) is 0. The Morgan fingerprint density at radius 1 is 1.17 bits per heavy atom. The van der Waals surface area contributed by atoms with Crippen LogP contribution in [0.1, 0.15) is 35.7 Å². The lowest BCUT2D eigenvalue weighted by Gasteiger charge is -2.29. The number of pyridine rings is 1. The van der Waals surface area contributed by atoms with Gasteiger partial charge in [-0.15, -0.1) is 0 Å². The Bertz CT molecular complexity index is 1190. The fourth-order valence-electron chi connectivity index (χ4n) is 3.76. The molecule has 1 atom stereocenters. The van der Waals surface area contributed by atoms with E-state index in [1.807, 2.05) is 35.2 Å². The molecule has 0 radical (unpaired) electrons. The number of amides is 1. The van der Waals surface area contributed by atoms with E-state index in [1.54, 1.807) is 13.1 Å². The summed E-state index contributed by atoms with van der Waals surface area (Å²) in [6.07, 6.45) is 3.71. The van der Waals surface area contributed by atoms with E-state index >= 15 is 0 Å². The molecule has 1 amide bonds. The van der Waals surface area contributed by atoms with E-state index in [1.165, 1.54) is 17.8 Å². The van der Waals surface area contributed by atoms with Gasteiger partial charge in [-0.2, -0.15) is 0 Å². The van der Waals surface area contributed by atoms with Crippen LogP contribution >= 0.6 is 0 Å². The van der Waals surface area contributed by atoms with Crippen molar-refractivity contribution in [3.63, 3.8) is 0 Å². The monoisotopic (exact) mass is 392 g/mol. The average Bonchev–Trinajstić information content (AvgIpc) is 3.59. The molecular formula is C22H24N4O3. The molecule has 0 spiro atoms. The molecule has 1 saturated carbocycles. The first kappa shape index (κ1) is 19.1. The third kappa shape index (κ3) is 3.48. The van der Waals surface area contributed by atoms with Crippen molar-refractivity contribution < 1.29 is 4.79 Å². The maximum Gasteiger partial charge on any atom is 0.332 e. The third-order valence-electron chi connectivity index (χ3n) is 5.79. The van der Waals surface area contributed by atoms with Crippen LogP contribution < -0.4 is 11.2 Å². The molecule has 0 aliphatic heterocycles. The summed E-state index contributed by atoms with van der Waals surface area (Å²) in [5.74, 6) is 0.350. The molecule has 2 heterocycles. The lowest BCUT2D eigenvalue weighted by atomic mass is 10.1. The molecule has 1 aromatic carbocycles. The number of hydrogen-bond acceptors (Lipinski definition) is 4. The second kappa shape index (κ2) is 7.31. The number of carbonyl (C=O) groups is 1. The van der Waals surface area contributed by atoms with E-state index in [9.17, 15) is 14.4 Å². The van der Waals surface area contributed by atoms with E-state index in [4.69, 9.17) is 0 Å². The minimum Gasteiger partial charge on any atom is -0.331 e. The van der Waals surface area contributed by atoms with Gasteiger partial charge in [-0.1, -0.05) is 30.3 Å². The Labute approximate surface area is 168 Å². The maximum absolute atomic E-state index is 13.4. The molecular weight excluding hydrogens is 368 g/mol. The van der Waals surface area contributed by atoms with Gasteiger partial charge in [-0.05, 0) is 37.3 Å². The predicted molar refractivity (Wildman–Crippen MR) is 111 cm³/mol. The summed E-state index contributed by atoms with van der Waals surface area (Å²) in [6.45, 7) is 2.58. The fraction of sp³-hybridized carbons (Fsp3) is 0.364. The standard InChI is InChI=1S/C22H24N4O3/c1-14(16-9-10-16)26(13-15-7-5-4-6-8-15)20(27)17-11-18-19(23-12-17)24(2)22(29)25(3)21(18)28/h4-8,11-12,14,16H,9-10,13H2,1-3H3. The number of aryl methyl sites for hydroxylation is 1. The van der Waals surface area contributed by atoms with Gasteiger partial charge in [0.15, 0.2) is 0 Å². The minimum absolute atomic E-state index is 0.0985. The Balaban J connectivity index is 1.76. The zero-order valence-electron chi connectivity index (χ0n) is 16.8. The number of rotatable bonds is 5. The van der Waals surface area contributed by atoms with Crippen LogP contribution in [0.5, 0.6) is 0 Å². The first-order valence-corrected chi connectivity index (χ1v) is 9.79. The lowest BCUT2D eigenvalue weighted by molar-refractivity contribution is 0.0654. The van der Waals surface area contributed by atoms with Crippen molar-refractivity contribution in [1.29, 1.82) is 0 Å². The van der Waals surface area contributed by atoms with Crippen LogP contribution in [0.3, 0.4) is 0 Å². The molecule has 150 valence electrons. The molecule has 1 fully saturated rings. The summed E-state index contributed by atoms with van der Waals surface area (Å²) in [5.41, 5.74) is 0.800. The largest absolute Gasteiger partial charge is 0.332 e. The van der Waals surface area contributed by atoms with Gasteiger partial charge in [-0.25, -0.2) is 9.78 Å². The first-order chi connectivity index (χ1) is 13.9. The summed E-state index contributed by atoms with van der Waals surface area (Å²) < 4.78 is 2.35. The summed E-state index contributed by atoms with van der Waals surface area (Å²) >= 11 is 0. The Hall–Kier alpha value is -3.22. The van der Waals surface area contributed by atoms with Crippen molar-refractivity contribution in [3.05, 3.63) is 74.6 Å². The smallest absolute Gasteiger partial charge is 0.331 e. The zero-order valence-corrected chi connectivity index (χ0v) is 16.8. The van der Waals surface area contributed by atoms with E-state index in [0.29, 0.717) is 18.0 Å². The topological polar surface area (TPSA) is 77.2 Å². The van der Waals surface area contributed by atoms with Gasteiger partial charge in [0, 0.05) is 32.9 Å². The number of benzene rings is 1. The molecule has 2 aromatic heterocycles. The number of nitrogens with zero attached hydrogens (tertiary/aromatic N) is 4. The van der Waals surface area contributed by atoms with Crippen molar-refractivity contribution in [3.8, 4) is 0 Å². The van der Waals surface area contributed by atoms with Gasteiger partial charge in [0.1, 0.15) is 5.65 Å². The lowest BCUT2D eigenvalue weighted by Crippen LogP contribution is -2.40. The van der Waals surface area contributed by atoms with Crippen LogP contribution in [-0.4, -0.2) is 31.0 Å². The zero-order chi connectivity index (χ0) is 20.7. The van der Waals surface area contributed by atoms with Gasteiger partial charge < -0.3 is 4.90 Å². The van der Waals surface area contributed by atoms with Gasteiger partial charge in [0.05, 0.1) is 10.9 Å². The van der Waals surface area contributed by atoms with Crippen molar-refractivity contribution >= 4 is 16.9 Å². The molecule has 29 heavy (non-hydrogen) atoms. The molecule has 1 unspecified atom stereocenters. The van der Waals surface area contributed by atoms with Crippen LogP contribution in [-0.2, 0) is 20.6 Å². The van der Waals surface area contributed by atoms with Gasteiger partial charge >= 0.3 is 5.69 Å². The summed E-state index contributed by atoms with van der Waals surface area (Å²) in [6, 6.07) is 11.5. The number of aromatic nitrogens is 3. The van der Waals surface area contributed by atoms with E-state index in [0.717, 1.165) is 23.0 Å². The highest BCUT2D eigenvalue weighted by Crippen LogP contribution is 2.36. The SMILES string of the molecule is CC(C1CC1)N(Cc1ccccc1)C(=O)c1cnc2c(c1)c(=O)n(C)c(=O)n2C. The van der Waals surface area contributed by atoms with Crippen LogP contribution in [0.25, 0.3) is 11.0 Å². The molecule has 0 N–H and O–H groups in total. The molecule has 3 aromatic rings. The number of fused-ring (bicyclic) bond motifs is 1. The molecule has 1 aliphatic rings. The molecule has 7 heteroatoms. The minimum atomic E-state index is -0.449. The third-order valence-corrected chi connectivity index (χ3v) is 5.79. The summed E-state index contributed by atoms with van der Waals surface area (Å²) in [7, 11) is 2.99. The van der Waals surface area contributed by atoms with Crippen LogP contribution in [0.15, 0.2) is 52.2 Å². The maximum atomic E-state index is 13.4. The second-order valence-corrected chi connectivity index (χ2v) is 7.80. The molecule has 0 bridgehead atoms. The first-order valence-electron chi connectivity index (χ1n) is 9.79. The van der Waals surface area contributed by atoms with Crippen molar-refractivity contribution in [2.75, 3.05) is 0 Å². The predicted octanol–water partition coefficient (Wildman–Crippen LogP) is 2.07. The Morgan fingerprint density at radius 2 is 1.86 bits per heavy atom. The van der Waals surface area contributed by atoms with E-state index in [2.05, 4.69) is 11.9 Å². The van der Waals surface area contributed by atoms with Crippen molar-refractivity contribution in [1.82, 2.24) is 19.0 Å². The van der Waals surface area contributed by atoms with Crippen LogP contribution in [0.4, 0.5) is 0 Å². The van der Waals surface area contributed by atoms with Crippen molar-refractivity contribution in [2.24, 2.45) is 20.0 Å². The summed E-state index contributed by atoms with van der Waals surface area (Å²) in [4.78, 5) is 44.3. The van der Waals surface area contributed by atoms with Gasteiger partial charge in [-0.3, -0.25) is 18.7 Å². The van der Waals surface area contributed by atoms with Gasteiger partial charge in [0.2, 0.25) is 0 Å². The highest BCUT2D eigenvalue weighted by molar-refractivity contribution is 5.97. The molecule has 0 saturated heterocycles. The van der Waals surface area contributed by atoms with Crippen molar-refractivity contribution in [2.45, 2.75) is 32.4 Å². The molecule has 4 rings (SSSR count). The van der Waals surface area contributed by atoms with E-state index in [-0.39, 0.29) is 23.0 Å². The quantitative estimate of drug-likeness (QED) is 0.666. The highest BCUT2D eigenvalue weighted by atomic mass is 16.2. The number of carbonyl (C=O) groups excluding carboxylic acids is 1. The van der Waals surface area contributed by atoms with E-state index < -0.39 is 11.2 Å². The fourth-order valence-corrected chi connectivity index (χ4v) is 3.76. The highest BCUT2D eigenvalue weighted by Gasteiger charge is 2.35. The average molecular weight is 392 g/mol. The Morgan fingerprint density at radius 3 is 2.52 bits per heavy atom. The van der Waals surface area contributed by atoms with Crippen LogP contribution in [0.2, 0.25) is 0 Å². The summed E-state index contributed by atoms with van der Waals surface area (Å²) in [5, 5.41) is 0.263. The van der Waals surface area contributed by atoms with Crippen LogP contribution in [0, 0.1) is 5.92 Å². The second-order valence-electron chi connectivity index (χ2n) is 7.80.